The van der Waals surface area contributed by atoms with Crippen molar-refractivity contribution in [3.63, 3.8) is 0 Å². The molecule has 0 fully saturated rings. The Bertz CT molecular complexity index is 601. The number of nitrogens with one attached hydrogen (secondary N) is 1. The minimum Gasteiger partial charge on any atom is -0.316 e. The molecule has 2 rings (SSSR count). The molecule has 0 saturated heterocycles. The molecule has 21 heavy (non-hydrogen) atoms. The average molecular weight is 326 g/mol. The fourth-order valence-corrected chi connectivity index (χ4v) is 2.75. The Morgan fingerprint density at radius 2 is 1.90 bits per heavy atom. The van der Waals surface area contributed by atoms with Crippen LogP contribution < -0.4 is 5.32 Å². The molecule has 0 aliphatic heterocycles. The summed E-state index contributed by atoms with van der Waals surface area (Å²) in [5.41, 5.74) is 1.73. The van der Waals surface area contributed by atoms with E-state index >= 15 is 0 Å². The molecule has 0 spiro atoms. The van der Waals surface area contributed by atoms with Crippen molar-refractivity contribution in [1.82, 2.24) is 5.32 Å². The summed E-state index contributed by atoms with van der Waals surface area (Å²) in [5.74, 6) is -0.181. The minimum atomic E-state index is -0.331. The molecule has 0 aromatic heterocycles. The van der Waals surface area contributed by atoms with Crippen LogP contribution in [0.25, 0.3) is 0 Å². The first-order valence-electron chi connectivity index (χ1n) is 7.01. The molecule has 112 valence electrons. The third-order valence-corrected chi connectivity index (χ3v) is 3.99. The Balaban J connectivity index is 2.26. The summed E-state index contributed by atoms with van der Waals surface area (Å²) in [6.07, 6.45) is 0.583. The van der Waals surface area contributed by atoms with Crippen molar-refractivity contribution in [3.05, 3.63) is 69.5 Å². The number of hydrogen-bond acceptors (Lipinski definition) is 1. The quantitative estimate of drug-likeness (QED) is 0.782. The molecule has 0 radical (unpaired) electrons. The molecule has 1 nitrogen and oxygen atoms in total. The van der Waals surface area contributed by atoms with Crippen molar-refractivity contribution in [2.24, 2.45) is 0 Å². The van der Waals surface area contributed by atoms with Gasteiger partial charge in [0.1, 0.15) is 5.82 Å². The standard InChI is InChI=1S/C17H18Cl2FN/c1-2-21-11-14(12-5-3-7-15(18)10-12)9-13-6-4-8-16(19)17(13)20/h3-8,10,14,21H,2,9,11H2,1H3. The molecule has 1 N–H and O–H groups in total. The molecule has 0 aliphatic rings. The maximum atomic E-state index is 14.1. The van der Waals surface area contributed by atoms with E-state index in [-0.39, 0.29) is 16.8 Å². The minimum absolute atomic E-state index is 0.150. The van der Waals surface area contributed by atoms with Gasteiger partial charge in [-0.05, 0) is 42.3 Å². The lowest BCUT2D eigenvalue weighted by Gasteiger charge is -2.19. The van der Waals surface area contributed by atoms with E-state index < -0.39 is 0 Å². The molecule has 0 heterocycles. The lowest BCUT2D eigenvalue weighted by Crippen LogP contribution is -2.23. The van der Waals surface area contributed by atoms with Crippen LogP contribution in [0.1, 0.15) is 24.0 Å². The zero-order valence-electron chi connectivity index (χ0n) is 11.9. The highest BCUT2D eigenvalue weighted by Gasteiger charge is 2.16. The van der Waals surface area contributed by atoms with Gasteiger partial charge in [-0.1, -0.05) is 54.4 Å². The fraction of sp³-hybridized carbons (Fsp3) is 0.294. The van der Waals surface area contributed by atoms with Crippen molar-refractivity contribution in [2.45, 2.75) is 19.3 Å². The van der Waals surface area contributed by atoms with E-state index in [0.717, 1.165) is 18.7 Å². The molecular weight excluding hydrogens is 308 g/mol. The topological polar surface area (TPSA) is 12.0 Å². The highest BCUT2D eigenvalue weighted by molar-refractivity contribution is 6.31. The summed E-state index contributed by atoms with van der Waals surface area (Å²) < 4.78 is 14.1. The Morgan fingerprint density at radius 3 is 2.62 bits per heavy atom. The Labute approximate surface area is 135 Å². The largest absolute Gasteiger partial charge is 0.316 e. The number of benzene rings is 2. The fourth-order valence-electron chi connectivity index (χ4n) is 2.36. The predicted molar refractivity (Wildman–Crippen MR) is 87.9 cm³/mol. The molecule has 1 unspecified atom stereocenters. The van der Waals surface area contributed by atoms with Gasteiger partial charge in [0.25, 0.3) is 0 Å². The number of hydrogen-bond donors (Lipinski definition) is 1. The smallest absolute Gasteiger partial charge is 0.144 e. The van der Waals surface area contributed by atoms with Crippen molar-refractivity contribution in [1.29, 1.82) is 0 Å². The Kier molecular flexibility index (Phi) is 6.04. The first-order chi connectivity index (χ1) is 10.1. The molecule has 2 aromatic rings. The van der Waals surface area contributed by atoms with Crippen molar-refractivity contribution in [3.8, 4) is 0 Å². The second-order valence-electron chi connectivity index (χ2n) is 4.98. The molecule has 4 heteroatoms. The van der Waals surface area contributed by atoms with Crippen molar-refractivity contribution in [2.75, 3.05) is 13.1 Å². The molecule has 1 atom stereocenters. The molecule has 0 aliphatic carbocycles. The summed E-state index contributed by atoms with van der Waals surface area (Å²) in [7, 11) is 0. The number of halogens is 3. The van der Waals surface area contributed by atoms with E-state index in [1.807, 2.05) is 24.3 Å². The normalized spacial score (nSPS) is 12.4. The van der Waals surface area contributed by atoms with E-state index in [4.69, 9.17) is 23.2 Å². The van der Waals surface area contributed by atoms with Crippen LogP contribution in [0.4, 0.5) is 4.39 Å². The van der Waals surface area contributed by atoms with Crippen LogP contribution in [0.3, 0.4) is 0 Å². The first-order valence-corrected chi connectivity index (χ1v) is 7.76. The van der Waals surface area contributed by atoms with Gasteiger partial charge < -0.3 is 5.32 Å². The lowest BCUT2D eigenvalue weighted by atomic mass is 9.91. The van der Waals surface area contributed by atoms with Gasteiger partial charge in [-0.3, -0.25) is 0 Å². The zero-order valence-corrected chi connectivity index (χ0v) is 13.4. The van der Waals surface area contributed by atoms with Crippen LogP contribution in [0, 0.1) is 5.82 Å². The third-order valence-electron chi connectivity index (χ3n) is 3.46. The van der Waals surface area contributed by atoms with Gasteiger partial charge in [0.05, 0.1) is 5.02 Å². The Hall–Kier alpha value is -1.09. The number of likely N-dealkylation sites (N-methyl/N-ethyl adjacent to an activating group) is 1. The van der Waals surface area contributed by atoms with Gasteiger partial charge >= 0.3 is 0 Å². The first kappa shape index (κ1) is 16.3. The predicted octanol–water partition coefficient (Wildman–Crippen LogP) is 5.07. The maximum absolute atomic E-state index is 14.1. The molecule has 2 aromatic carbocycles. The number of rotatable bonds is 6. The van der Waals surface area contributed by atoms with Crippen LogP contribution in [-0.4, -0.2) is 13.1 Å². The van der Waals surface area contributed by atoms with Gasteiger partial charge in [0.2, 0.25) is 0 Å². The summed E-state index contributed by atoms with van der Waals surface area (Å²) in [4.78, 5) is 0. The molecule has 0 bridgehead atoms. The van der Waals surface area contributed by atoms with E-state index in [1.165, 1.54) is 0 Å². The maximum Gasteiger partial charge on any atom is 0.144 e. The van der Waals surface area contributed by atoms with Crippen molar-refractivity contribution >= 4 is 23.2 Å². The van der Waals surface area contributed by atoms with Crippen LogP contribution in [0.15, 0.2) is 42.5 Å². The summed E-state index contributed by atoms with van der Waals surface area (Å²) in [5, 5.41) is 4.18. The Morgan fingerprint density at radius 1 is 1.14 bits per heavy atom. The van der Waals surface area contributed by atoms with E-state index in [2.05, 4.69) is 12.2 Å². The van der Waals surface area contributed by atoms with Gasteiger partial charge in [-0.25, -0.2) is 4.39 Å². The lowest BCUT2D eigenvalue weighted by molar-refractivity contribution is 0.562. The second kappa shape index (κ2) is 7.79. The highest BCUT2D eigenvalue weighted by atomic mass is 35.5. The van der Waals surface area contributed by atoms with Gasteiger partial charge in [0, 0.05) is 17.5 Å². The zero-order chi connectivity index (χ0) is 15.2. The van der Waals surface area contributed by atoms with E-state index in [0.29, 0.717) is 17.0 Å². The van der Waals surface area contributed by atoms with Crippen molar-refractivity contribution < 1.29 is 4.39 Å². The SMILES string of the molecule is CCNCC(Cc1cccc(Cl)c1F)c1cccc(Cl)c1. The molecule has 0 amide bonds. The monoisotopic (exact) mass is 325 g/mol. The van der Waals surface area contributed by atoms with E-state index in [9.17, 15) is 4.39 Å². The third kappa shape index (κ3) is 4.44. The van der Waals surface area contributed by atoms with Crippen LogP contribution in [0.2, 0.25) is 10.0 Å². The van der Waals surface area contributed by atoms with Gasteiger partial charge in [-0.2, -0.15) is 0 Å². The summed E-state index contributed by atoms with van der Waals surface area (Å²) in [6, 6.07) is 12.9. The summed E-state index contributed by atoms with van der Waals surface area (Å²) in [6.45, 7) is 3.69. The summed E-state index contributed by atoms with van der Waals surface area (Å²) >= 11 is 11.9. The average Bonchev–Trinajstić information content (AvgIpc) is 2.47. The molecule has 0 saturated carbocycles. The van der Waals surface area contributed by atoms with Crippen LogP contribution in [0.5, 0.6) is 0 Å². The highest BCUT2D eigenvalue weighted by Crippen LogP contribution is 2.26. The van der Waals surface area contributed by atoms with Crippen LogP contribution >= 0.6 is 23.2 Å². The van der Waals surface area contributed by atoms with E-state index in [1.54, 1.807) is 18.2 Å². The van der Waals surface area contributed by atoms with Gasteiger partial charge in [0.15, 0.2) is 0 Å². The second-order valence-corrected chi connectivity index (χ2v) is 5.82. The van der Waals surface area contributed by atoms with Crippen LogP contribution in [-0.2, 0) is 6.42 Å². The van der Waals surface area contributed by atoms with Gasteiger partial charge in [-0.15, -0.1) is 0 Å². The molecular formula is C17H18Cl2FN.